The molecule has 1 unspecified atom stereocenters. The molecule has 150 valence electrons. The first-order chi connectivity index (χ1) is 11.1. The Bertz CT molecular complexity index is 535. The first-order valence-corrected chi connectivity index (χ1v) is 12.6. The van der Waals surface area contributed by atoms with Gasteiger partial charge in [0, 0.05) is 13.5 Å². The van der Waals surface area contributed by atoms with Crippen LogP contribution in [0.25, 0.3) is 0 Å². The van der Waals surface area contributed by atoms with Crippen molar-refractivity contribution in [2.45, 2.75) is 69.9 Å². The van der Waals surface area contributed by atoms with Gasteiger partial charge >= 0.3 is 12.1 Å². The number of hydrogen-bond donors (Lipinski definition) is 1. The van der Waals surface area contributed by atoms with Gasteiger partial charge < -0.3 is 9.16 Å². The molecule has 0 aliphatic carbocycles. The molecule has 25 heavy (non-hydrogen) atoms. The van der Waals surface area contributed by atoms with E-state index in [0.29, 0.717) is 19.8 Å². The highest BCUT2D eigenvalue weighted by Crippen LogP contribution is 2.35. The van der Waals surface area contributed by atoms with Crippen LogP contribution < -0.4 is 0 Å². The van der Waals surface area contributed by atoms with Crippen molar-refractivity contribution >= 4 is 24.4 Å². The second kappa shape index (κ2) is 9.33. The Hall–Kier alpha value is -0.653. The minimum absolute atomic E-state index is 0.248. The topological polar surface area (TPSA) is 89.9 Å². The summed E-state index contributed by atoms with van der Waals surface area (Å²) in [6.45, 7) is 4.59. The molecule has 0 rings (SSSR count). The maximum atomic E-state index is 13.0. The van der Waals surface area contributed by atoms with E-state index in [4.69, 9.17) is 8.98 Å². The highest BCUT2D eigenvalue weighted by atomic mass is 32.2. The van der Waals surface area contributed by atoms with Crippen LogP contribution in [-0.4, -0.2) is 51.9 Å². The van der Waals surface area contributed by atoms with E-state index in [1.54, 1.807) is 7.11 Å². The zero-order valence-corrected chi connectivity index (χ0v) is 16.8. The van der Waals surface area contributed by atoms with Crippen LogP contribution in [0.2, 0.25) is 19.1 Å². The molecular formula is C14H27F3O6SSi. The molecule has 11 heteroatoms. The number of halogens is 3. The summed E-state index contributed by atoms with van der Waals surface area (Å²) in [5.74, 6) is -2.87. The summed E-state index contributed by atoms with van der Waals surface area (Å²) in [6.07, 6.45) is -2.66. The van der Waals surface area contributed by atoms with Crippen molar-refractivity contribution in [2.75, 3.05) is 12.9 Å². The number of carbonyl (C=O) groups excluding carboxylic acids is 1. The van der Waals surface area contributed by atoms with Gasteiger partial charge in [-0.2, -0.15) is 21.6 Å². The largest absolute Gasteiger partial charge is 0.448 e. The minimum Gasteiger partial charge on any atom is -0.448 e. The molecule has 0 spiro atoms. The fraction of sp³-hybridized carbons (Fsp3) is 0.929. The summed E-state index contributed by atoms with van der Waals surface area (Å²) in [4.78, 5) is 11.6. The Morgan fingerprint density at radius 1 is 1.12 bits per heavy atom. The van der Waals surface area contributed by atoms with Gasteiger partial charge in [-0.15, -0.1) is 0 Å². The lowest BCUT2D eigenvalue weighted by Gasteiger charge is -2.30. The van der Waals surface area contributed by atoms with Gasteiger partial charge in [0.25, 0.3) is 10.1 Å². The molecule has 0 aromatic heterocycles. The summed E-state index contributed by atoms with van der Waals surface area (Å²) in [5.41, 5.74) is -3.27. The van der Waals surface area contributed by atoms with Crippen molar-refractivity contribution in [3.05, 3.63) is 0 Å². The van der Waals surface area contributed by atoms with Crippen molar-refractivity contribution in [2.24, 2.45) is 0 Å². The van der Waals surface area contributed by atoms with Crippen LogP contribution in [0.5, 0.6) is 0 Å². The molecule has 0 aliphatic heterocycles. The summed E-state index contributed by atoms with van der Waals surface area (Å²) in [5, 5.41) is 0. The SMILES string of the molecule is CO[Si](C)(C)CCCCCCC(=O)OC(C)(CS(=O)(=O)O)C(F)(F)F. The summed E-state index contributed by atoms with van der Waals surface area (Å²) < 4.78 is 78.8. The van der Waals surface area contributed by atoms with Crippen LogP contribution in [0.1, 0.15) is 39.0 Å². The van der Waals surface area contributed by atoms with E-state index >= 15 is 0 Å². The second-order valence-corrected chi connectivity index (χ2v) is 12.7. The molecule has 0 aromatic carbocycles. The standard InChI is InChI=1S/C14H27F3O6SSi/c1-13(14(15,16)17,11-24(19,20)21)23-12(18)9-7-5-6-8-10-25(3,4)22-2/h5-11H2,1-4H3,(H,19,20,21). The number of hydrogen-bond acceptors (Lipinski definition) is 5. The molecule has 1 atom stereocenters. The van der Waals surface area contributed by atoms with Gasteiger partial charge in [0.05, 0.1) is 0 Å². The number of carbonyl (C=O) groups is 1. The fourth-order valence-corrected chi connectivity index (χ4v) is 4.32. The van der Waals surface area contributed by atoms with Crippen molar-refractivity contribution < 1.29 is 40.1 Å². The van der Waals surface area contributed by atoms with Crippen LogP contribution in [0, 0.1) is 0 Å². The lowest BCUT2D eigenvalue weighted by Crippen LogP contribution is -2.51. The zero-order chi connectivity index (χ0) is 19.9. The molecule has 1 N–H and O–H groups in total. The van der Waals surface area contributed by atoms with Crippen LogP contribution in [0.15, 0.2) is 0 Å². The van der Waals surface area contributed by atoms with Crippen LogP contribution >= 0.6 is 0 Å². The number of esters is 1. The quantitative estimate of drug-likeness (QED) is 0.243. The lowest BCUT2D eigenvalue weighted by atomic mass is 10.1. The second-order valence-electron chi connectivity index (χ2n) is 6.81. The van der Waals surface area contributed by atoms with E-state index in [9.17, 15) is 26.4 Å². The Balaban J connectivity index is 4.38. The third-order valence-electron chi connectivity index (χ3n) is 3.86. The van der Waals surface area contributed by atoms with Gasteiger partial charge in [-0.05, 0) is 32.5 Å². The van der Waals surface area contributed by atoms with Gasteiger partial charge in [-0.25, -0.2) is 0 Å². The smallest absolute Gasteiger partial charge is 0.429 e. The molecule has 0 fully saturated rings. The van der Waals surface area contributed by atoms with Crippen LogP contribution in [-0.2, 0) is 24.1 Å². The van der Waals surface area contributed by atoms with Crippen LogP contribution in [0.3, 0.4) is 0 Å². The van der Waals surface area contributed by atoms with Gasteiger partial charge in [-0.1, -0.05) is 19.3 Å². The number of ether oxygens (including phenoxy) is 1. The van der Waals surface area contributed by atoms with Gasteiger partial charge in [-0.3, -0.25) is 9.35 Å². The highest BCUT2D eigenvalue weighted by Gasteiger charge is 2.56. The minimum atomic E-state index is -5.12. The normalized spacial score (nSPS) is 15.7. The molecule has 0 heterocycles. The highest BCUT2D eigenvalue weighted by molar-refractivity contribution is 7.85. The van der Waals surface area contributed by atoms with Crippen molar-refractivity contribution in [1.82, 2.24) is 0 Å². The molecule has 0 bridgehead atoms. The van der Waals surface area contributed by atoms with Crippen LogP contribution in [0.4, 0.5) is 13.2 Å². The average molecular weight is 409 g/mol. The third-order valence-corrected chi connectivity index (χ3v) is 7.44. The monoisotopic (exact) mass is 408 g/mol. The van der Waals surface area contributed by atoms with E-state index in [1.165, 1.54) is 0 Å². The average Bonchev–Trinajstić information content (AvgIpc) is 2.39. The maximum absolute atomic E-state index is 13.0. The molecule has 0 radical (unpaired) electrons. The summed E-state index contributed by atoms with van der Waals surface area (Å²) in [7, 11) is -4.92. The molecule has 0 amide bonds. The Kier molecular flexibility index (Phi) is 9.09. The Labute approximate surface area is 148 Å². The number of rotatable bonds is 11. The summed E-state index contributed by atoms with van der Waals surface area (Å²) >= 11 is 0. The van der Waals surface area contributed by atoms with E-state index in [-0.39, 0.29) is 6.42 Å². The number of unbranched alkanes of at least 4 members (excludes halogenated alkanes) is 3. The Morgan fingerprint density at radius 2 is 1.64 bits per heavy atom. The van der Waals surface area contributed by atoms with Crippen molar-refractivity contribution in [3.8, 4) is 0 Å². The lowest BCUT2D eigenvalue weighted by molar-refractivity contribution is -0.256. The molecule has 0 aliphatic rings. The molecule has 0 saturated heterocycles. The van der Waals surface area contributed by atoms with Gasteiger partial charge in [0.1, 0.15) is 5.75 Å². The third kappa shape index (κ3) is 10.2. The molecular weight excluding hydrogens is 381 g/mol. The van der Waals surface area contributed by atoms with E-state index in [1.807, 2.05) is 0 Å². The Morgan fingerprint density at radius 3 is 2.08 bits per heavy atom. The van der Waals surface area contributed by atoms with Gasteiger partial charge in [0.15, 0.2) is 8.32 Å². The molecule has 6 nitrogen and oxygen atoms in total. The molecule has 0 aromatic rings. The first-order valence-electron chi connectivity index (χ1n) is 7.91. The fourth-order valence-electron chi connectivity index (χ4n) is 2.10. The van der Waals surface area contributed by atoms with Crippen molar-refractivity contribution in [3.63, 3.8) is 0 Å². The predicted octanol–water partition coefficient (Wildman–Crippen LogP) is 3.54. The predicted molar refractivity (Wildman–Crippen MR) is 89.4 cm³/mol. The van der Waals surface area contributed by atoms with E-state index < -0.39 is 41.9 Å². The molecule has 0 saturated carbocycles. The van der Waals surface area contributed by atoms with Crippen molar-refractivity contribution in [1.29, 1.82) is 0 Å². The van der Waals surface area contributed by atoms with E-state index in [2.05, 4.69) is 17.8 Å². The maximum Gasteiger partial charge on any atom is 0.429 e. The van der Waals surface area contributed by atoms with Gasteiger partial charge in [0.2, 0.25) is 5.60 Å². The number of alkyl halides is 3. The first kappa shape index (κ1) is 24.3. The summed E-state index contributed by atoms with van der Waals surface area (Å²) in [6, 6.07) is 0.953. The zero-order valence-electron chi connectivity index (χ0n) is 15.0. The van der Waals surface area contributed by atoms with E-state index in [0.717, 1.165) is 18.9 Å².